The molecular weight excluding hydrogens is 326 g/mol. The zero-order chi connectivity index (χ0) is 18.0. The predicted octanol–water partition coefficient (Wildman–Crippen LogP) is 3.89. The fraction of sp³-hybridized carbons (Fsp3) is 0.611. The van der Waals surface area contributed by atoms with Gasteiger partial charge in [-0.15, -0.1) is 0 Å². The molecule has 0 saturated carbocycles. The molecule has 0 bridgehead atoms. The molecule has 136 valence electrons. The molecule has 1 N–H and O–H groups in total. The zero-order valence-corrected chi connectivity index (χ0v) is 15.7. The van der Waals surface area contributed by atoms with E-state index in [0.29, 0.717) is 5.69 Å². The summed E-state index contributed by atoms with van der Waals surface area (Å²) >= 11 is 0. The molecule has 0 aliphatic heterocycles. The van der Waals surface area contributed by atoms with Crippen molar-refractivity contribution in [1.82, 2.24) is 0 Å². The molecular formula is C18H29NO4S. The van der Waals surface area contributed by atoms with Crippen LogP contribution in [0.1, 0.15) is 57.9 Å². The number of carbonyl (C=O) groups excluding carboxylic acids is 1. The number of hydrogen-bond donors (Lipinski definition) is 1. The Balaban J connectivity index is 2.36. The Bertz CT molecular complexity index is 596. The van der Waals surface area contributed by atoms with Crippen LogP contribution in [0.2, 0.25) is 0 Å². The van der Waals surface area contributed by atoms with Crippen molar-refractivity contribution in [3.05, 3.63) is 29.8 Å². The maximum Gasteiger partial charge on any atom is 0.264 e. The van der Waals surface area contributed by atoms with E-state index < -0.39 is 16.2 Å². The molecule has 1 atom stereocenters. The molecule has 1 rings (SSSR count). The summed E-state index contributed by atoms with van der Waals surface area (Å²) in [5.74, 6) is -0.265. The smallest absolute Gasteiger partial charge is 0.264 e. The summed E-state index contributed by atoms with van der Waals surface area (Å²) in [5.41, 5.74) is 1.97. The number of benzene rings is 1. The Labute approximate surface area is 145 Å². The van der Waals surface area contributed by atoms with Crippen molar-refractivity contribution in [1.29, 1.82) is 0 Å². The van der Waals surface area contributed by atoms with E-state index in [2.05, 4.69) is 12.2 Å². The summed E-state index contributed by atoms with van der Waals surface area (Å²) in [6.07, 6.45) is 7.62. The third-order valence-corrected chi connectivity index (χ3v) is 4.30. The lowest BCUT2D eigenvalue weighted by Gasteiger charge is -2.11. The van der Waals surface area contributed by atoms with Crippen LogP contribution >= 0.6 is 0 Å². The second-order valence-electron chi connectivity index (χ2n) is 6.22. The van der Waals surface area contributed by atoms with Gasteiger partial charge in [-0.05, 0) is 37.5 Å². The van der Waals surface area contributed by atoms with Gasteiger partial charge in [0.05, 0.1) is 18.8 Å². The number of anilines is 1. The highest BCUT2D eigenvalue weighted by molar-refractivity contribution is 7.86. The van der Waals surface area contributed by atoms with E-state index in [4.69, 9.17) is 4.18 Å². The molecule has 1 amide bonds. The number of carbonyl (C=O) groups is 1. The highest BCUT2D eigenvalue weighted by Crippen LogP contribution is 2.14. The molecule has 0 radical (unpaired) electrons. The van der Waals surface area contributed by atoms with Gasteiger partial charge in [-0.3, -0.25) is 8.98 Å². The van der Waals surface area contributed by atoms with Gasteiger partial charge >= 0.3 is 0 Å². The molecule has 0 aromatic heterocycles. The van der Waals surface area contributed by atoms with Crippen LogP contribution in [0, 0.1) is 0 Å². The zero-order valence-electron chi connectivity index (χ0n) is 14.9. The van der Waals surface area contributed by atoms with Gasteiger partial charge in [0.2, 0.25) is 5.91 Å². The number of amides is 1. The monoisotopic (exact) mass is 355 g/mol. The Hall–Kier alpha value is -1.40. The average molecular weight is 356 g/mol. The largest absolute Gasteiger partial charge is 0.326 e. The highest BCUT2D eigenvalue weighted by Gasteiger charge is 2.14. The summed E-state index contributed by atoms with van der Waals surface area (Å²) < 4.78 is 26.8. The van der Waals surface area contributed by atoms with Gasteiger partial charge < -0.3 is 5.32 Å². The fourth-order valence-corrected chi connectivity index (χ4v) is 3.16. The van der Waals surface area contributed by atoms with E-state index in [1.54, 1.807) is 6.92 Å². The minimum Gasteiger partial charge on any atom is -0.326 e. The van der Waals surface area contributed by atoms with Crippen molar-refractivity contribution in [2.45, 2.75) is 64.9 Å². The lowest BCUT2D eigenvalue weighted by molar-refractivity contribution is -0.117. The first-order valence-corrected chi connectivity index (χ1v) is 10.4. The molecule has 0 aliphatic rings. The number of unbranched alkanes of at least 4 members (excludes halogenated alkanes) is 4. The molecule has 0 fully saturated rings. The van der Waals surface area contributed by atoms with E-state index in [1.165, 1.54) is 37.7 Å². The van der Waals surface area contributed by atoms with Gasteiger partial charge in [0.15, 0.2) is 0 Å². The van der Waals surface area contributed by atoms with Crippen molar-refractivity contribution in [3.63, 3.8) is 0 Å². The maximum atomic E-state index is 11.9. The van der Waals surface area contributed by atoms with Crippen LogP contribution in [-0.4, -0.2) is 26.7 Å². The van der Waals surface area contributed by atoms with E-state index in [0.717, 1.165) is 12.7 Å². The summed E-state index contributed by atoms with van der Waals surface area (Å²) in [7, 11) is -3.54. The first kappa shape index (κ1) is 20.6. The van der Waals surface area contributed by atoms with Gasteiger partial charge in [0.25, 0.3) is 10.1 Å². The number of rotatable bonds is 11. The van der Waals surface area contributed by atoms with Crippen LogP contribution in [0.4, 0.5) is 5.69 Å². The first-order chi connectivity index (χ1) is 11.3. The lowest BCUT2D eigenvalue weighted by atomic mass is 10.1. The third kappa shape index (κ3) is 9.67. The van der Waals surface area contributed by atoms with Gasteiger partial charge in [0.1, 0.15) is 0 Å². The number of hydrogen-bond acceptors (Lipinski definition) is 4. The van der Waals surface area contributed by atoms with Gasteiger partial charge in [0, 0.05) is 5.69 Å². The van der Waals surface area contributed by atoms with Gasteiger partial charge in [-0.2, -0.15) is 8.42 Å². The Morgan fingerprint density at radius 3 is 2.33 bits per heavy atom. The van der Waals surface area contributed by atoms with E-state index >= 15 is 0 Å². The standard InChI is InChI=1S/C18H29NO4S/c1-4-5-6-7-8-9-16-10-12-17(13-11-16)19-18(20)14-15(2)23-24(3,21)22/h10-13,15H,4-9,14H2,1-3H3,(H,19,20). The van der Waals surface area contributed by atoms with Crippen LogP contribution < -0.4 is 5.32 Å². The topological polar surface area (TPSA) is 72.5 Å². The maximum absolute atomic E-state index is 11.9. The second-order valence-corrected chi connectivity index (χ2v) is 7.83. The van der Waals surface area contributed by atoms with E-state index in [1.807, 2.05) is 24.3 Å². The third-order valence-electron chi connectivity index (χ3n) is 3.62. The van der Waals surface area contributed by atoms with Crippen LogP contribution in [0.3, 0.4) is 0 Å². The van der Waals surface area contributed by atoms with Crippen LogP contribution in [0.15, 0.2) is 24.3 Å². The molecule has 0 saturated heterocycles. The van der Waals surface area contributed by atoms with Crippen LogP contribution in [-0.2, 0) is 25.5 Å². The normalized spacial score (nSPS) is 12.8. The minimum absolute atomic E-state index is 0.00769. The summed E-state index contributed by atoms with van der Waals surface area (Å²) in [5, 5.41) is 2.76. The van der Waals surface area contributed by atoms with Crippen molar-refractivity contribution in [2.24, 2.45) is 0 Å². The number of nitrogens with one attached hydrogen (secondary N) is 1. The Morgan fingerprint density at radius 2 is 1.75 bits per heavy atom. The number of aryl methyl sites for hydroxylation is 1. The minimum atomic E-state index is -3.54. The average Bonchev–Trinajstić information content (AvgIpc) is 2.46. The summed E-state index contributed by atoms with van der Waals surface area (Å²) in [6.45, 7) is 3.77. The molecule has 0 spiro atoms. The van der Waals surface area contributed by atoms with Crippen molar-refractivity contribution >= 4 is 21.7 Å². The molecule has 5 nitrogen and oxygen atoms in total. The molecule has 1 aromatic carbocycles. The second kappa shape index (κ2) is 10.5. The summed E-state index contributed by atoms with van der Waals surface area (Å²) in [4.78, 5) is 11.9. The summed E-state index contributed by atoms with van der Waals surface area (Å²) in [6, 6.07) is 7.79. The lowest BCUT2D eigenvalue weighted by Crippen LogP contribution is -2.22. The van der Waals surface area contributed by atoms with Gasteiger partial charge in [-0.25, -0.2) is 0 Å². The SMILES string of the molecule is CCCCCCCc1ccc(NC(=O)CC(C)OS(C)(=O)=O)cc1. The highest BCUT2D eigenvalue weighted by atomic mass is 32.2. The van der Waals surface area contributed by atoms with Crippen molar-refractivity contribution in [2.75, 3.05) is 11.6 Å². The molecule has 0 aliphatic carbocycles. The van der Waals surface area contributed by atoms with Crippen LogP contribution in [0.25, 0.3) is 0 Å². The quantitative estimate of drug-likeness (QED) is 0.483. The van der Waals surface area contributed by atoms with E-state index in [9.17, 15) is 13.2 Å². The Morgan fingerprint density at radius 1 is 1.12 bits per heavy atom. The van der Waals surface area contributed by atoms with Crippen LogP contribution in [0.5, 0.6) is 0 Å². The van der Waals surface area contributed by atoms with Gasteiger partial charge in [-0.1, -0.05) is 44.7 Å². The fourth-order valence-electron chi connectivity index (χ4n) is 2.49. The molecule has 1 aromatic rings. The first-order valence-electron chi connectivity index (χ1n) is 8.57. The predicted molar refractivity (Wildman–Crippen MR) is 97.5 cm³/mol. The molecule has 24 heavy (non-hydrogen) atoms. The van der Waals surface area contributed by atoms with E-state index in [-0.39, 0.29) is 12.3 Å². The molecule has 6 heteroatoms. The molecule has 1 unspecified atom stereocenters. The Kier molecular flexibility index (Phi) is 9.00. The van der Waals surface area contributed by atoms with Crippen molar-refractivity contribution < 1.29 is 17.4 Å². The molecule has 0 heterocycles. The van der Waals surface area contributed by atoms with Crippen molar-refractivity contribution in [3.8, 4) is 0 Å².